The maximum Gasteiger partial charge on any atom is 0.308 e. The van der Waals surface area contributed by atoms with Crippen LogP contribution in [0, 0.1) is 0 Å². The first-order valence-corrected chi connectivity index (χ1v) is 10.6. The van der Waals surface area contributed by atoms with Crippen LogP contribution >= 0.6 is 0 Å². The standard InChI is InChI=1S/C26H22N2O6/c1-33-19-11-7-10-18(16-19)27-24(30)23(17-8-3-2-4-9-17)34-22(29)14-15-28-25(31)20-12-5-6-13-21(20)26(28)32/h2-13,16,23H,14-15H2,1H3,(H,27,30). The lowest BCUT2D eigenvalue weighted by atomic mass is 10.1. The Bertz CT molecular complexity index is 1210. The Morgan fingerprint density at radius 2 is 1.53 bits per heavy atom. The molecule has 34 heavy (non-hydrogen) atoms. The molecule has 1 aliphatic heterocycles. The van der Waals surface area contributed by atoms with Gasteiger partial charge in [-0.15, -0.1) is 0 Å². The molecule has 1 heterocycles. The third-order valence-corrected chi connectivity index (χ3v) is 5.34. The fourth-order valence-corrected chi connectivity index (χ4v) is 3.65. The fourth-order valence-electron chi connectivity index (χ4n) is 3.65. The Morgan fingerprint density at radius 3 is 2.18 bits per heavy atom. The first-order chi connectivity index (χ1) is 16.5. The molecule has 1 atom stereocenters. The van der Waals surface area contributed by atoms with Crippen LogP contribution in [0.5, 0.6) is 5.75 Å². The number of methoxy groups -OCH3 is 1. The van der Waals surface area contributed by atoms with Gasteiger partial charge in [-0.25, -0.2) is 0 Å². The van der Waals surface area contributed by atoms with Crippen LogP contribution in [-0.2, 0) is 14.3 Å². The molecule has 1 unspecified atom stereocenters. The molecule has 0 spiro atoms. The smallest absolute Gasteiger partial charge is 0.308 e. The summed E-state index contributed by atoms with van der Waals surface area (Å²) in [7, 11) is 1.52. The van der Waals surface area contributed by atoms with Crippen LogP contribution in [0.25, 0.3) is 0 Å². The van der Waals surface area contributed by atoms with E-state index >= 15 is 0 Å². The second-order valence-electron chi connectivity index (χ2n) is 7.56. The molecule has 1 aliphatic rings. The summed E-state index contributed by atoms with van der Waals surface area (Å²) < 4.78 is 10.7. The summed E-state index contributed by atoms with van der Waals surface area (Å²) in [5.74, 6) is -1.61. The summed E-state index contributed by atoms with van der Waals surface area (Å²) in [4.78, 5) is 51.7. The molecular formula is C26H22N2O6. The van der Waals surface area contributed by atoms with Gasteiger partial charge in [-0.1, -0.05) is 48.5 Å². The normalized spacial score (nSPS) is 13.3. The van der Waals surface area contributed by atoms with E-state index in [1.807, 2.05) is 0 Å². The summed E-state index contributed by atoms with van der Waals surface area (Å²) in [6.45, 7) is -0.149. The van der Waals surface area contributed by atoms with Crippen LogP contribution in [0.1, 0.15) is 38.8 Å². The zero-order chi connectivity index (χ0) is 24.1. The molecule has 0 bridgehead atoms. The molecule has 3 aromatic rings. The van der Waals surface area contributed by atoms with Gasteiger partial charge in [0, 0.05) is 23.9 Å². The summed E-state index contributed by atoms with van der Waals surface area (Å²) in [5.41, 5.74) is 1.57. The predicted molar refractivity (Wildman–Crippen MR) is 123 cm³/mol. The molecule has 0 aliphatic carbocycles. The van der Waals surface area contributed by atoms with Gasteiger partial charge >= 0.3 is 5.97 Å². The number of hydrogen-bond acceptors (Lipinski definition) is 6. The van der Waals surface area contributed by atoms with Gasteiger partial charge in [0.25, 0.3) is 17.7 Å². The maximum absolute atomic E-state index is 13.0. The number of carbonyl (C=O) groups is 4. The fraction of sp³-hybridized carbons (Fsp3) is 0.154. The molecule has 172 valence electrons. The number of hydrogen-bond donors (Lipinski definition) is 1. The van der Waals surface area contributed by atoms with Crippen molar-refractivity contribution in [2.45, 2.75) is 12.5 Å². The van der Waals surface area contributed by atoms with E-state index in [-0.39, 0.29) is 13.0 Å². The summed E-state index contributed by atoms with van der Waals surface area (Å²) >= 11 is 0. The van der Waals surface area contributed by atoms with Gasteiger partial charge in [-0.3, -0.25) is 24.1 Å². The van der Waals surface area contributed by atoms with Crippen molar-refractivity contribution >= 4 is 29.4 Å². The van der Waals surface area contributed by atoms with Crippen molar-refractivity contribution in [3.05, 3.63) is 95.6 Å². The van der Waals surface area contributed by atoms with E-state index in [4.69, 9.17) is 9.47 Å². The minimum atomic E-state index is -1.22. The first-order valence-electron chi connectivity index (χ1n) is 10.6. The minimum absolute atomic E-state index is 0.149. The van der Waals surface area contributed by atoms with E-state index in [0.717, 1.165) is 4.90 Å². The molecule has 3 aromatic carbocycles. The van der Waals surface area contributed by atoms with E-state index in [2.05, 4.69) is 5.32 Å². The molecule has 0 radical (unpaired) electrons. The second kappa shape index (κ2) is 9.99. The number of carbonyl (C=O) groups excluding carboxylic acids is 4. The molecule has 0 fully saturated rings. The summed E-state index contributed by atoms with van der Waals surface area (Å²) in [5, 5.41) is 2.73. The third kappa shape index (κ3) is 4.80. The molecule has 1 N–H and O–H groups in total. The van der Waals surface area contributed by atoms with Crippen molar-refractivity contribution in [3.8, 4) is 5.75 Å². The van der Waals surface area contributed by atoms with Crippen molar-refractivity contribution in [1.82, 2.24) is 4.90 Å². The van der Waals surface area contributed by atoms with Gasteiger partial charge in [0.05, 0.1) is 24.7 Å². The van der Waals surface area contributed by atoms with E-state index in [9.17, 15) is 19.2 Å². The van der Waals surface area contributed by atoms with E-state index in [1.165, 1.54) is 7.11 Å². The van der Waals surface area contributed by atoms with Crippen LogP contribution in [0.3, 0.4) is 0 Å². The van der Waals surface area contributed by atoms with Gasteiger partial charge in [0.15, 0.2) is 0 Å². The molecule has 3 amide bonds. The van der Waals surface area contributed by atoms with Crippen LogP contribution in [0.4, 0.5) is 5.69 Å². The lowest BCUT2D eigenvalue weighted by Crippen LogP contribution is -2.33. The van der Waals surface area contributed by atoms with Gasteiger partial charge in [-0.05, 0) is 24.3 Å². The number of nitrogens with one attached hydrogen (secondary N) is 1. The molecule has 0 saturated heterocycles. The first kappa shape index (κ1) is 22.7. The maximum atomic E-state index is 13.0. The van der Waals surface area contributed by atoms with Crippen molar-refractivity contribution in [3.63, 3.8) is 0 Å². The highest BCUT2D eigenvalue weighted by Gasteiger charge is 2.35. The number of esters is 1. The van der Waals surface area contributed by atoms with Gasteiger partial charge in [0.1, 0.15) is 5.75 Å². The predicted octanol–water partition coefficient (Wildman–Crippen LogP) is 3.60. The number of amides is 3. The van der Waals surface area contributed by atoms with Gasteiger partial charge < -0.3 is 14.8 Å². The topological polar surface area (TPSA) is 102 Å². The Kier molecular flexibility index (Phi) is 6.68. The molecule has 0 saturated carbocycles. The molecule has 0 aromatic heterocycles. The second-order valence-corrected chi connectivity index (χ2v) is 7.56. The van der Waals surface area contributed by atoms with Crippen molar-refractivity contribution in [1.29, 1.82) is 0 Å². The number of anilines is 1. The molecule has 8 nitrogen and oxygen atoms in total. The average molecular weight is 458 g/mol. The van der Waals surface area contributed by atoms with Crippen molar-refractivity contribution in [2.24, 2.45) is 0 Å². The van der Waals surface area contributed by atoms with Crippen LogP contribution in [-0.4, -0.2) is 42.2 Å². The zero-order valence-electron chi connectivity index (χ0n) is 18.4. The molecular weight excluding hydrogens is 436 g/mol. The molecule has 8 heteroatoms. The monoisotopic (exact) mass is 458 g/mol. The number of nitrogens with zero attached hydrogens (tertiary/aromatic N) is 1. The number of fused-ring (bicyclic) bond motifs is 1. The van der Waals surface area contributed by atoms with E-state index in [0.29, 0.717) is 28.1 Å². The van der Waals surface area contributed by atoms with Crippen LogP contribution in [0.15, 0.2) is 78.9 Å². The lowest BCUT2D eigenvalue weighted by Gasteiger charge is -2.19. The third-order valence-electron chi connectivity index (χ3n) is 5.34. The Hall–Kier alpha value is -4.46. The number of imide groups is 1. The van der Waals surface area contributed by atoms with E-state index in [1.54, 1.807) is 78.9 Å². The number of ether oxygens (including phenoxy) is 2. The Labute approximate surface area is 196 Å². The largest absolute Gasteiger partial charge is 0.497 e. The van der Waals surface area contributed by atoms with Crippen molar-refractivity contribution < 1.29 is 28.7 Å². The number of benzene rings is 3. The van der Waals surface area contributed by atoms with E-state index < -0.39 is 29.8 Å². The SMILES string of the molecule is COc1cccc(NC(=O)C(OC(=O)CCN2C(=O)c3ccccc3C2=O)c2ccccc2)c1. The number of rotatable bonds is 8. The summed E-state index contributed by atoms with van der Waals surface area (Å²) in [6, 6.07) is 21.9. The highest BCUT2D eigenvalue weighted by atomic mass is 16.5. The lowest BCUT2D eigenvalue weighted by molar-refractivity contribution is -0.154. The zero-order valence-corrected chi connectivity index (χ0v) is 18.4. The highest BCUT2D eigenvalue weighted by Crippen LogP contribution is 2.25. The van der Waals surface area contributed by atoms with Crippen LogP contribution in [0.2, 0.25) is 0 Å². The minimum Gasteiger partial charge on any atom is -0.497 e. The quantitative estimate of drug-likeness (QED) is 0.409. The summed E-state index contributed by atoms with van der Waals surface area (Å²) in [6.07, 6.45) is -1.47. The van der Waals surface area contributed by atoms with Crippen LogP contribution < -0.4 is 10.1 Å². The Morgan fingerprint density at radius 1 is 0.882 bits per heavy atom. The highest BCUT2D eigenvalue weighted by molar-refractivity contribution is 6.21. The van der Waals surface area contributed by atoms with Gasteiger partial charge in [-0.2, -0.15) is 0 Å². The molecule has 4 rings (SSSR count). The average Bonchev–Trinajstić information content (AvgIpc) is 3.11. The van der Waals surface area contributed by atoms with Gasteiger partial charge in [0.2, 0.25) is 6.10 Å². The Balaban J connectivity index is 1.44. The van der Waals surface area contributed by atoms with Crippen molar-refractivity contribution in [2.75, 3.05) is 19.0 Å².